The van der Waals surface area contributed by atoms with Gasteiger partial charge in [0.1, 0.15) is 12.1 Å². The Morgan fingerprint density at radius 2 is 1.83 bits per heavy atom. The van der Waals surface area contributed by atoms with E-state index >= 15 is 0 Å². The number of nitrogens with one attached hydrogen (secondary N) is 4. The molecule has 0 bridgehead atoms. The monoisotopic (exact) mass is 444 g/mol. The van der Waals surface area contributed by atoms with Crippen LogP contribution in [0.4, 0.5) is 0 Å². The second-order valence-electron chi connectivity index (χ2n) is 6.24. The van der Waals surface area contributed by atoms with Crippen molar-refractivity contribution in [3.8, 4) is 0 Å². The molecule has 0 aliphatic heterocycles. The number of aromatic amines is 1. The first-order valence-electron chi connectivity index (χ1n) is 8.79. The third-order valence-corrected chi connectivity index (χ3v) is 4.24. The van der Waals surface area contributed by atoms with Gasteiger partial charge in [0.25, 0.3) is 0 Å². The van der Waals surface area contributed by atoms with Gasteiger partial charge in [-0.3, -0.25) is 19.2 Å². The molecule has 1 aromatic heterocycles. The first-order chi connectivity index (χ1) is 14.1. The molecule has 8 N–H and O–H groups in total. The number of aliphatic carboxylic acids is 2. The molecule has 13 nitrogen and oxygen atoms in total. The van der Waals surface area contributed by atoms with Gasteiger partial charge in [0.05, 0.1) is 18.9 Å². The smallest absolute Gasteiger partial charge is 0.326 e. The average molecular weight is 444 g/mol. The fourth-order valence-electron chi connectivity index (χ4n) is 2.25. The molecule has 1 heterocycles. The number of rotatable bonds is 13. The minimum absolute atomic E-state index is 0.0595. The number of nitrogens with two attached hydrogens (primary N) is 1. The number of hydrogen-bond acceptors (Lipinski definition) is 8. The van der Waals surface area contributed by atoms with E-state index in [1.165, 1.54) is 12.5 Å². The first kappa shape index (κ1) is 24.9. The Kier molecular flexibility index (Phi) is 10.3. The summed E-state index contributed by atoms with van der Waals surface area (Å²) < 4.78 is 0. The van der Waals surface area contributed by atoms with E-state index in [1.807, 2.05) is 0 Å². The van der Waals surface area contributed by atoms with Gasteiger partial charge in [0, 0.05) is 30.5 Å². The molecule has 1 aromatic rings. The number of imidazole rings is 1. The van der Waals surface area contributed by atoms with Gasteiger partial charge in [0.2, 0.25) is 17.7 Å². The van der Waals surface area contributed by atoms with Crippen LogP contribution < -0.4 is 21.7 Å². The second kappa shape index (κ2) is 12.4. The average Bonchev–Trinajstić information content (AvgIpc) is 3.20. The number of aromatic nitrogens is 2. The van der Waals surface area contributed by atoms with Crippen molar-refractivity contribution in [3.05, 3.63) is 18.2 Å². The van der Waals surface area contributed by atoms with Crippen LogP contribution in [0.1, 0.15) is 18.5 Å². The van der Waals surface area contributed by atoms with Crippen molar-refractivity contribution in [2.45, 2.75) is 37.4 Å². The predicted molar refractivity (Wildman–Crippen MR) is 105 cm³/mol. The van der Waals surface area contributed by atoms with Crippen molar-refractivity contribution in [3.63, 3.8) is 0 Å². The van der Waals surface area contributed by atoms with Gasteiger partial charge in [-0.05, 0) is 6.42 Å². The Morgan fingerprint density at radius 3 is 2.37 bits per heavy atom. The van der Waals surface area contributed by atoms with Crippen molar-refractivity contribution in [2.75, 3.05) is 12.3 Å². The van der Waals surface area contributed by atoms with Gasteiger partial charge >= 0.3 is 11.9 Å². The second-order valence-corrected chi connectivity index (χ2v) is 6.60. The molecular formula is C16H24N6O7S. The number of carboxylic acids is 2. The van der Waals surface area contributed by atoms with Crippen molar-refractivity contribution in [1.82, 2.24) is 25.9 Å². The maximum atomic E-state index is 12.5. The Hall–Kier alpha value is -3.13. The van der Waals surface area contributed by atoms with Crippen molar-refractivity contribution >= 4 is 42.3 Å². The highest BCUT2D eigenvalue weighted by Gasteiger charge is 2.27. The maximum absolute atomic E-state index is 12.5. The molecule has 0 aliphatic rings. The third kappa shape index (κ3) is 8.91. The molecule has 14 heteroatoms. The minimum Gasteiger partial charge on any atom is -0.481 e. The van der Waals surface area contributed by atoms with Crippen LogP contribution >= 0.6 is 12.6 Å². The normalized spacial score (nSPS) is 13.5. The lowest BCUT2D eigenvalue weighted by Crippen LogP contribution is -2.54. The van der Waals surface area contributed by atoms with Gasteiger partial charge in [-0.2, -0.15) is 12.6 Å². The molecule has 3 atom stereocenters. The van der Waals surface area contributed by atoms with Crippen LogP contribution in [0, 0.1) is 0 Å². The van der Waals surface area contributed by atoms with E-state index in [2.05, 4.69) is 38.5 Å². The highest BCUT2D eigenvalue weighted by atomic mass is 32.1. The summed E-state index contributed by atoms with van der Waals surface area (Å²) in [7, 11) is 0. The minimum atomic E-state index is -1.34. The number of carbonyl (C=O) groups is 5. The molecule has 0 aliphatic carbocycles. The van der Waals surface area contributed by atoms with Crippen LogP contribution in [-0.4, -0.2) is 80.3 Å². The third-order valence-electron chi connectivity index (χ3n) is 3.85. The summed E-state index contributed by atoms with van der Waals surface area (Å²) in [5, 5.41) is 25.0. The highest BCUT2D eigenvalue weighted by Crippen LogP contribution is 2.03. The molecule has 0 fully saturated rings. The van der Waals surface area contributed by atoms with Gasteiger partial charge in [-0.15, -0.1) is 0 Å². The summed E-state index contributed by atoms with van der Waals surface area (Å²) in [5.74, 6) is -4.76. The molecule has 0 radical (unpaired) electrons. The Bertz CT molecular complexity index is 757. The Morgan fingerprint density at radius 1 is 1.13 bits per heavy atom. The fourth-order valence-corrected chi connectivity index (χ4v) is 2.42. The molecule has 0 saturated heterocycles. The number of amides is 3. The van der Waals surface area contributed by atoms with E-state index in [0.29, 0.717) is 5.69 Å². The molecule has 3 amide bonds. The molecular weight excluding hydrogens is 420 g/mol. The standard InChI is InChI=1S/C16H24N6O7S/c17-9(6-30)14(26)19-5-12(23)21-10(1-2-13(24)25)15(27)22-11(16(28)29)3-8-4-18-7-20-8/h4,7,9-11,30H,1-3,5-6,17H2,(H,18,20)(H,19,26)(H,21,23)(H,22,27)(H,24,25)(H,28,29). The summed E-state index contributed by atoms with van der Waals surface area (Å²) in [4.78, 5) is 64.9. The number of hydrogen-bond donors (Lipinski definition) is 8. The topological polar surface area (TPSA) is 217 Å². The van der Waals surface area contributed by atoms with E-state index in [1.54, 1.807) is 0 Å². The molecule has 1 rings (SSSR count). The van der Waals surface area contributed by atoms with E-state index in [9.17, 15) is 29.1 Å². The quantitative estimate of drug-likeness (QED) is 0.148. The summed E-state index contributed by atoms with van der Waals surface area (Å²) in [5.41, 5.74) is 5.92. The highest BCUT2D eigenvalue weighted by molar-refractivity contribution is 7.80. The van der Waals surface area contributed by atoms with Gasteiger partial charge in [-0.1, -0.05) is 0 Å². The lowest BCUT2D eigenvalue weighted by molar-refractivity contribution is -0.143. The summed E-state index contributed by atoms with van der Waals surface area (Å²) in [6, 6.07) is -3.59. The van der Waals surface area contributed by atoms with Crippen LogP contribution in [0.25, 0.3) is 0 Å². The number of H-pyrrole nitrogens is 1. The molecule has 0 aromatic carbocycles. The van der Waals surface area contributed by atoms with Gasteiger partial charge in [0.15, 0.2) is 0 Å². The van der Waals surface area contributed by atoms with Crippen molar-refractivity contribution in [1.29, 1.82) is 0 Å². The molecule has 0 spiro atoms. The van der Waals surface area contributed by atoms with E-state index in [-0.39, 0.29) is 18.6 Å². The van der Waals surface area contributed by atoms with Crippen LogP contribution in [0.2, 0.25) is 0 Å². The molecule has 3 unspecified atom stereocenters. The number of nitrogens with zero attached hydrogens (tertiary/aromatic N) is 1. The maximum Gasteiger partial charge on any atom is 0.326 e. The van der Waals surface area contributed by atoms with Gasteiger partial charge in [-0.25, -0.2) is 9.78 Å². The lowest BCUT2D eigenvalue weighted by atomic mass is 10.1. The first-order valence-corrected chi connectivity index (χ1v) is 9.43. The van der Waals surface area contributed by atoms with Gasteiger partial charge < -0.3 is 36.9 Å². The largest absolute Gasteiger partial charge is 0.481 e. The zero-order valence-electron chi connectivity index (χ0n) is 15.8. The van der Waals surface area contributed by atoms with E-state index in [0.717, 1.165) is 0 Å². The fraction of sp³-hybridized carbons (Fsp3) is 0.500. The van der Waals surface area contributed by atoms with Crippen molar-refractivity contribution in [2.24, 2.45) is 5.73 Å². The predicted octanol–water partition coefficient (Wildman–Crippen LogP) is -2.76. The van der Waals surface area contributed by atoms with Crippen molar-refractivity contribution < 1.29 is 34.2 Å². The van der Waals surface area contributed by atoms with Crippen LogP contribution in [0.5, 0.6) is 0 Å². The number of carbonyl (C=O) groups excluding carboxylic acids is 3. The number of thiol groups is 1. The molecule has 30 heavy (non-hydrogen) atoms. The SMILES string of the molecule is NC(CS)C(=O)NCC(=O)NC(CCC(=O)O)C(=O)NC(Cc1cnc[nH]1)C(=O)O. The Balaban J connectivity index is 2.75. The summed E-state index contributed by atoms with van der Waals surface area (Å²) in [6.45, 7) is -0.506. The molecule has 0 saturated carbocycles. The lowest BCUT2D eigenvalue weighted by Gasteiger charge is -2.21. The molecule has 166 valence electrons. The summed E-state index contributed by atoms with van der Waals surface area (Å²) in [6.07, 6.45) is 1.91. The zero-order chi connectivity index (χ0) is 22.7. The zero-order valence-corrected chi connectivity index (χ0v) is 16.7. The van der Waals surface area contributed by atoms with E-state index < -0.39 is 60.8 Å². The van der Waals surface area contributed by atoms with E-state index in [4.69, 9.17) is 10.8 Å². The van der Waals surface area contributed by atoms with Crippen LogP contribution in [-0.2, 0) is 30.4 Å². The van der Waals surface area contributed by atoms with Crippen LogP contribution in [0.3, 0.4) is 0 Å². The van der Waals surface area contributed by atoms with Crippen LogP contribution in [0.15, 0.2) is 12.5 Å². The Labute approximate surface area is 176 Å². The number of carboxylic acid groups (broad SMARTS) is 2. The summed E-state index contributed by atoms with van der Waals surface area (Å²) >= 11 is 3.86.